The fourth-order valence-electron chi connectivity index (χ4n) is 2.02. The van der Waals surface area contributed by atoms with E-state index in [9.17, 15) is 4.57 Å². The second-order valence-corrected chi connectivity index (χ2v) is 7.04. The second-order valence-electron chi connectivity index (χ2n) is 4.67. The molecule has 0 saturated carbocycles. The molecule has 1 N–H and O–H groups in total. The first kappa shape index (κ1) is 16.6. The van der Waals surface area contributed by atoms with Crippen LogP contribution in [0.25, 0.3) is 0 Å². The van der Waals surface area contributed by atoms with Gasteiger partial charge in [0.25, 0.3) is 0 Å². The van der Waals surface area contributed by atoms with Crippen molar-refractivity contribution < 1.29 is 14.0 Å². The van der Waals surface area contributed by atoms with Gasteiger partial charge in [-0.1, -0.05) is 57.2 Å². The summed E-state index contributed by atoms with van der Waals surface area (Å²) in [7, 11) is 0. The molecule has 0 amide bonds. The molecule has 1 atom stereocenters. The summed E-state index contributed by atoms with van der Waals surface area (Å²) in [5.41, 5.74) is 0.938. The largest absolute Gasteiger partial charge is 0.474 e. The van der Waals surface area contributed by atoms with Gasteiger partial charge in [-0.25, -0.2) is 4.57 Å². The molecule has 0 fully saturated rings. The zero-order valence-corrected chi connectivity index (χ0v) is 13.0. The number of hydrogen-bond acceptors (Lipinski definition) is 2. The molecular formula is C14H22ClO3P. The van der Waals surface area contributed by atoms with E-state index in [0.29, 0.717) is 5.75 Å². The number of aryl methyl sites for hydroxylation is 1. The molecular weight excluding hydrogens is 283 g/mol. The van der Waals surface area contributed by atoms with Crippen molar-refractivity contribution in [2.75, 3.05) is 0 Å². The van der Waals surface area contributed by atoms with Crippen molar-refractivity contribution >= 4 is 18.2 Å². The Labute approximate surface area is 120 Å². The van der Waals surface area contributed by atoms with E-state index in [-0.39, 0.29) is 0 Å². The molecule has 0 spiro atoms. The van der Waals surface area contributed by atoms with E-state index in [2.05, 4.69) is 6.92 Å². The average molecular weight is 305 g/mol. The molecule has 1 unspecified atom stereocenters. The molecule has 5 heteroatoms. The number of rotatable bonds is 9. The molecule has 1 aromatic rings. The van der Waals surface area contributed by atoms with Gasteiger partial charge in [-0.2, -0.15) is 0 Å². The third-order valence-corrected chi connectivity index (χ3v) is 3.61. The highest BCUT2D eigenvalue weighted by molar-refractivity contribution is 7.80. The summed E-state index contributed by atoms with van der Waals surface area (Å²) >= 11 is 5.25. The van der Waals surface area contributed by atoms with E-state index in [0.717, 1.165) is 18.4 Å². The highest BCUT2D eigenvalue weighted by Gasteiger charge is 2.17. The highest BCUT2D eigenvalue weighted by Crippen LogP contribution is 2.48. The zero-order valence-electron chi connectivity index (χ0n) is 11.3. The minimum atomic E-state index is -4.00. The van der Waals surface area contributed by atoms with Crippen LogP contribution in [0, 0.1) is 0 Å². The van der Waals surface area contributed by atoms with Crippen molar-refractivity contribution in [1.29, 1.82) is 0 Å². The van der Waals surface area contributed by atoms with E-state index >= 15 is 0 Å². The van der Waals surface area contributed by atoms with Gasteiger partial charge in [0.05, 0.1) is 0 Å². The lowest BCUT2D eigenvalue weighted by Crippen LogP contribution is -1.93. The van der Waals surface area contributed by atoms with Crippen LogP contribution >= 0.6 is 18.2 Å². The van der Waals surface area contributed by atoms with Crippen LogP contribution in [0.15, 0.2) is 24.3 Å². The number of unbranched alkanes of at least 4 members (excludes halogenated alkanes) is 5. The summed E-state index contributed by atoms with van der Waals surface area (Å²) in [5.74, 6) is 0.414. The smallest absolute Gasteiger partial charge is 0.413 e. The Kier molecular flexibility index (Phi) is 7.52. The van der Waals surface area contributed by atoms with Crippen LogP contribution < -0.4 is 4.52 Å². The molecule has 0 saturated heterocycles. The molecule has 0 aromatic heterocycles. The Balaban J connectivity index is 2.42. The fraction of sp³-hybridized carbons (Fsp3) is 0.571. The first-order valence-corrected chi connectivity index (χ1v) is 9.31. The van der Waals surface area contributed by atoms with Crippen LogP contribution in [-0.2, 0) is 11.0 Å². The van der Waals surface area contributed by atoms with Gasteiger partial charge in [0.15, 0.2) is 0 Å². The summed E-state index contributed by atoms with van der Waals surface area (Å²) in [5, 5.41) is 0. The van der Waals surface area contributed by atoms with Crippen molar-refractivity contribution in [1.82, 2.24) is 0 Å². The topological polar surface area (TPSA) is 46.5 Å². The molecule has 1 rings (SSSR count). The summed E-state index contributed by atoms with van der Waals surface area (Å²) in [4.78, 5) is 9.06. The molecule has 0 heterocycles. The van der Waals surface area contributed by atoms with Gasteiger partial charge in [-0.05, 0) is 24.5 Å². The lowest BCUT2D eigenvalue weighted by molar-refractivity contribution is 0.398. The van der Waals surface area contributed by atoms with Crippen molar-refractivity contribution in [2.45, 2.75) is 51.9 Å². The van der Waals surface area contributed by atoms with Gasteiger partial charge in [0.2, 0.25) is 0 Å². The molecule has 19 heavy (non-hydrogen) atoms. The lowest BCUT2D eigenvalue weighted by atomic mass is 10.0. The van der Waals surface area contributed by atoms with Gasteiger partial charge in [-0.15, -0.1) is 0 Å². The van der Waals surface area contributed by atoms with E-state index in [1.54, 1.807) is 12.1 Å². The monoisotopic (exact) mass is 304 g/mol. The van der Waals surface area contributed by atoms with Crippen LogP contribution in [-0.4, -0.2) is 4.89 Å². The number of para-hydroxylation sites is 1. The third-order valence-electron chi connectivity index (χ3n) is 2.98. The quantitative estimate of drug-likeness (QED) is 0.497. The molecule has 0 radical (unpaired) electrons. The van der Waals surface area contributed by atoms with E-state index in [1.807, 2.05) is 12.1 Å². The van der Waals surface area contributed by atoms with Crippen LogP contribution in [0.1, 0.15) is 51.0 Å². The molecule has 108 valence electrons. The van der Waals surface area contributed by atoms with E-state index in [4.69, 9.17) is 20.7 Å². The average Bonchev–Trinajstić information content (AvgIpc) is 2.33. The first-order chi connectivity index (χ1) is 9.03. The van der Waals surface area contributed by atoms with Crippen molar-refractivity contribution in [3.8, 4) is 5.75 Å². The summed E-state index contributed by atoms with van der Waals surface area (Å²) < 4.78 is 16.0. The molecule has 0 aliphatic carbocycles. The van der Waals surface area contributed by atoms with Crippen LogP contribution in [0.2, 0.25) is 0 Å². The minimum absolute atomic E-state index is 0.414. The number of benzene rings is 1. The summed E-state index contributed by atoms with van der Waals surface area (Å²) in [6.45, 7) is -1.79. The summed E-state index contributed by atoms with van der Waals surface area (Å²) in [6, 6.07) is 7.26. The number of halogens is 1. The normalized spacial score (nSPS) is 14.1. The Morgan fingerprint density at radius 2 is 1.79 bits per heavy atom. The Hall–Kier alpha value is -0.500. The van der Waals surface area contributed by atoms with Crippen molar-refractivity contribution in [3.05, 3.63) is 29.8 Å². The SMILES string of the molecule is CCCCCCCCc1ccccc1OP(=O)(O)Cl. The Morgan fingerprint density at radius 3 is 2.47 bits per heavy atom. The van der Waals surface area contributed by atoms with Gasteiger partial charge in [0, 0.05) is 11.2 Å². The lowest BCUT2D eigenvalue weighted by Gasteiger charge is -2.11. The maximum absolute atomic E-state index is 11.1. The van der Waals surface area contributed by atoms with E-state index < -0.39 is 6.95 Å². The standard InChI is InChI=1S/C14H22ClO3P/c1-2-3-4-5-6-7-10-13-11-8-9-12-14(13)18-19(15,16)17/h8-9,11-12H,2-7,10H2,1H3,(H,16,17). The van der Waals surface area contributed by atoms with Crippen molar-refractivity contribution in [3.63, 3.8) is 0 Å². The summed E-state index contributed by atoms with van der Waals surface area (Å²) in [6.07, 6.45) is 8.14. The zero-order chi connectivity index (χ0) is 14.1. The molecule has 0 bridgehead atoms. The Morgan fingerprint density at radius 1 is 1.16 bits per heavy atom. The fourth-order valence-corrected chi connectivity index (χ4v) is 2.66. The number of hydrogen-bond donors (Lipinski definition) is 1. The van der Waals surface area contributed by atoms with Gasteiger partial charge < -0.3 is 9.42 Å². The predicted octanol–water partition coefficient (Wildman–Crippen LogP) is 5.31. The predicted molar refractivity (Wildman–Crippen MR) is 79.8 cm³/mol. The van der Waals surface area contributed by atoms with Crippen LogP contribution in [0.5, 0.6) is 5.75 Å². The molecule has 0 aliphatic rings. The van der Waals surface area contributed by atoms with Gasteiger partial charge >= 0.3 is 6.95 Å². The Bertz CT molecular complexity index is 417. The van der Waals surface area contributed by atoms with Gasteiger partial charge in [0.1, 0.15) is 5.75 Å². The van der Waals surface area contributed by atoms with Crippen LogP contribution in [0.3, 0.4) is 0 Å². The molecule has 3 nitrogen and oxygen atoms in total. The minimum Gasteiger partial charge on any atom is -0.413 e. The second kappa shape index (κ2) is 8.63. The third kappa shape index (κ3) is 7.61. The van der Waals surface area contributed by atoms with Crippen molar-refractivity contribution in [2.24, 2.45) is 0 Å². The molecule has 0 aliphatic heterocycles. The van der Waals surface area contributed by atoms with E-state index in [1.165, 1.54) is 32.1 Å². The first-order valence-electron chi connectivity index (χ1n) is 6.83. The maximum Gasteiger partial charge on any atom is 0.474 e. The highest BCUT2D eigenvalue weighted by atomic mass is 35.7. The molecule has 1 aromatic carbocycles. The van der Waals surface area contributed by atoms with Crippen LogP contribution in [0.4, 0.5) is 0 Å². The maximum atomic E-state index is 11.1. The van der Waals surface area contributed by atoms with Gasteiger partial charge in [-0.3, -0.25) is 0 Å².